The summed E-state index contributed by atoms with van der Waals surface area (Å²) in [6.07, 6.45) is 2.08. The van der Waals surface area contributed by atoms with Gasteiger partial charge in [0.05, 0.1) is 18.0 Å². The van der Waals surface area contributed by atoms with Crippen molar-refractivity contribution in [2.45, 2.75) is 31.7 Å². The van der Waals surface area contributed by atoms with Gasteiger partial charge in [-0.3, -0.25) is 14.4 Å². The number of ether oxygens (including phenoxy) is 1. The minimum atomic E-state index is -0.360. The third-order valence-corrected chi connectivity index (χ3v) is 5.37. The molecule has 3 amide bonds. The fraction of sp³-hybridized carbons (Fsp3) is 0.625. The highest BCUT2D eigenvalue weighted by Crippen LogP contribution is 2.26. The molecule has 25 heavy (non-hydrogen) atoms. The van der Waals surface area contributed by atoms with Crippen LogP contribution in [0.4, 0.5) is 5.13 Å². The summed E-state index contributed by atoms with van der Waals surface area (Å²) in [5.74, 6) is -0.645. The van der Waals surface area contributed by atoms with E-state index in [2.05, 4.69) is 15.6 Å². The Hall–Kier alpha value is -2.00. The average molecular weight is 366 g/mol. The molecule has 1 atom stereocenters. The molecule has 0 aliphatic carbocycles. The minimum Gasteiger partial charge on any atom is -0.381 e. The van der Waals surface area contributed by atoms with E-state index in [1.165, 1.54) is 11.3 Å². The van der Waals surface area contributed by atoms with Crippen molar-refractivity contribution in [3.8, 4) is 0 Å². The van der Waals surface area contributed by atoms with Gasteiger partial charge in [-0.1, -0.05) is 0 Å². The number of nitrogens with zero attached hydrogens (tertiary/aromatic N) is 2. The third-order valence-electron chi connectivity index (χ3n) is 4.56. The summed E-state index contributed by atoms with van der Waals surface area (Å²) < 4.78 is 5.33. The number of likely N-dealkylation sites (tertiary alicyclic amines) is 1. The smallest absolute Gasteiger partial charge is 0.231 e. The van der Waals surface area contributed by atoms with Gasteiger partial charge in [-0.15, -0.1) is 11.3 Å². The van der Waals surface area contributed by atoms with Gasteiger partial charge >= 0.3 is 0 Å². The van der Waals surface area contributed by atoms with Gasteiger partial charge in [0.25, 0.3) is 0 Å². The van der Waals surface area contributed by atoms with Crippen molar-refractivity contribution in [2.24, 2.45) is 5.92 Å². The van der Waals surface area contributed by atoms with Crippen LogP contribution in [0, 0.1) is 5.92 Å². The van der Waals surface area contributed by atoms with E-state index in [4.69, 9.17) is 4.74 Å². The number of hydrogen-bond donors (Lipinski definition) is 2. The van der Waals surface area contributed by atoms with E-state index in [1.54, 1.807) is 12.4 Å². The van der Waals surface area contributed by atoms with Crippen LogP contribution < -0.4 is 10.6 Å². The quantitative estimate of drug-likeness (QED) is 0.785. The number of hydrogen-bond acceptors (Lipinski definition) is 6. The molecule has 0 bridgehead atoms. The Bertz CT molecular complexity index is 656. The van der Waals surface area contributed by atoms with Crippen molar-refractivity contribution in [3.05, 3.63) is 11.1 Å². The molecule has 0 aromatic carbocycles. The van der Waals surface area contributed by atoms with Gasteiger partial charge in [-0.2, -0.15) is 0 Å². The summed E-state index contributed by atoms with van der Waals surface area (Å²) in [6.45, 7) is 1.78. The first-order valence-corrected chi connectivity index (χ1v) is 9.28. The molecule has 2 fully saturated rings. The molecule has 2 saturated heterocycles. The molecule has 2 aliphatic rings. The van der Waals surface area contributed by atoms with Crippen LogP contribution in [0.1, 0.15) is 25.0 Å². The summed E-state index contributed by atoms with van der Waals surface area (Å²) >= 11 is 1.28. The van der Waals surface area contributed by atoms with Crippen LogP contribution in [0.5, 0.6) is 0 Å². The number of amides is 3. The monoisotopic (exact) mass is 366 g/mol. The van der Waals surface area contributed by atoms with Gasteiger partial charge in [-0.05, 0) is 12.8 Å². The SMILES string of the molecule is CNC(=O)Cc1csc(NC(=O)C2CC(=O)N(C3CCOCC3)C2)n1. The Morgan fingerprint density at radius 2 is 2.16 bits per heavy atom. The van der Waals surface area contributed by atoms with Crippen molar-refractivity contribution in [1.82, 2.24) is 15.2 Å². The van der Waals surface area contributed by atoms with E-state index in [9.17, 15) is 14.4 Å². The molecule has 0 saturated carbocycles. The molecule has 2 N–H and O–H groups in total. The Kier molecular flexibility index (Phi) is 5.64. The zero-order valence-corrected chi connectivity index (χ0v) is 14.9. The highest BCUT2D eigenvalue weighted by Gasteiger charge is 2.38. The highest BCUT2D eigenvalue weighted by molar-refractivity contribution is 7.13. The molecule has 1 aromatic heterocycles. The Morgan fingerprint density at radius 3 is 2.88 bits per heavy atom. The first-order valence-electron chi connectivity index (χ1n) is 8.40. The number of anilines is 1. The molecule has 8 nitrogen and oxygen atoms in total. The lowest BCUT2D eigenvalue weighted by molar-refractivity contribution is -0.131. The second kappa shape index (κ2) is 7.92. The standard InChI is InChI=1S/C16H22N4O4S/c1-17-13(21)7-11-9-25-16(18-11)19-15(23)10-6-14(22)20(8-10)12-2-4-24-5-3-12/h9-10,12H,2-8H2,1H3,(H,17,21)(H,18,19,23). The number of nitrogens with one attached hydrogen (secondary N) is 2. The fourth-order valence-electron chi connectivity index (χ4n) is 3.16. The maximum Gasteiger partial charge on any atom is 0.231 e. The molecule has 3 rings (SSSR count). The van der Waals surface area contributed by atoms with E-state index in [1.807, 2.05) is 4.90 Å². The second-order valence-electron chi connectivity index (χ2n) is 6.27. The molecule has 136 valence electrons. The van der Waals surface area contributed by atoms with E-state index in [-0.39, 0.29) is 42.5 Å². The molecule has 2 aliphatic heterocycles. The molecule has 9 heteroatoms. The fourth-order valence-corrected chi connectivity index (χ4v) is 3.88. The van der Waals surface area contributed by atoms with Gasteiger partial charge in [0.2, 0.25) is 17.7 Å². The lowest BCUT2D eigenvalue weighted by Gasteiger charge is -2.31. The van der Waals surface area contributed by atoms with Gasteiger partial charge in [0.15, 0.2) is 5.13 Å². The van der Waals surface area contributed by atoms with Crippen LogP contribution in [-0.4, -0.2) is 60.5 Å². The number of carbonyl (C=O) groups is 3. The normalized spacial score (nSPS) is 21.4. The lowest BCUT2D eigenvalue weighted by atomic mass is 10.1. The molecule has 0 radical (unpaired) electrons. The van der Waals surface area contributed by atoms with Crippen molar-refractivity contribution in [3.63, 3.8) is 0 Å². The lowest BCUT2D eigenvalue weighted by Crippen LogP contribution is -2.41. The van der Waals surface area contributed by atoms with Crippen LogP contribution in [-0.2, 0) is 25.5 Å². The number of aromatic nitrogens is 1. The average Bonchev–Trinajstić information content (AvgIpc) is 3.22. The highest BCUT2D eigenvalue weighted by atomic mass is 32.1. The first-order chi connectivity index (χ1) is 12.1. The topological polar surface area (TPSA) is 101 Å². The summed E-state index contributed by atoms with van der Waals surface area (Å²) in [5, 5.41) is 7.52. The predicted octanol–water partition coefficient (Wildman–Crippen LogP) is 0.398. The Morgan fingerprint density at radius 1 is 1.40 bits per heavy atom. The van der Waals surface area contributed by atoms with Gasteiger partial charge in [0.1, 0.15) is 0 Å². The summed E-state index contributed by atoms with van der Waals surface area (Å²) in [7, 11) is 1.57. The van der Waals surface area contributed by atoms with Gasteiger partial charge in [0, 0.05) is 44.6 Å². The van der Waals surface area contributed by atoms with E-state index >= 15 is 0 Å². The minimum absolute atomic E-state index is 0.0338. The number of rotatable bonds is 5. The number of carbonyl (C=O) groups excluding carboxylic acids is 3. The van der Waals surface area contributed by atoms with Gasteiger partial charge < -0.3 is 20.3 Å². The molecular formula is C16H22N4O4S. The summed E-state index contributed by atoms with van der Waals surface area (Å²) in [6, 6.07) is 0.179. The molecular weight excluding hydrogens is 344 g/mol. The third kappa shape index (κ3) is 4.35. The van der Waals surface area contributed by atoms with E-state index in [0.29, 0.717) is 30.6 Å². The second-order valence-corrected chi connectivity index (χ2v) is 7.13. The van der Waals surface area contributed by atoms with Crippen LogP contribution >= 0.6 is 11.3 Å². The van der Waals surface area contributed by atoms with Gasteiger partial charge in [-0.25, -0.2) is 4.98 Å². The summed E-state index contributed by atoms with van der Waals surface area (Å²) in [5.41, 5.74) is 0.617. The predicted molar refractivity (Wildman–Crippen MR) is 92.2 cm³/mol. The van der Waals surface area contributed by atoms with E-state index in [0.717, 1.165) is 12.8 Å². The maximum atomic E-state index is 12.4. The maximum absolute atomic E-state index is 12.4. The number of thiazole rings is 1. The number of likely N-dealkylation sites (N-methyl/N-ethyl adjacent to an activating group) is 1. The molecule has 1 unspecified atom stereocenters. The Balaban J connectivity index is 1.55. The molecule has 3 heterocycles. The van der Waals surface area contributed by atoms with Crippen molar-refractivity contribution in [1.29, 1.82) is 0 Å². The van der Waals surface area contributed by atoms with Crippen LogP contribution in [0.15, 0.2) is 5.38 Å². The molecule has 0 spiro atoms. The van der Waals surface area contributed by atoms with Crippen molar-refractivity contribution in [2.75, 3.05) is 32.1 Å². The van der Waals surface area contributed by atoms with E-state index < -0.39 is 0 Å². The van der Waals surface area contributed by atoms with Crippen LogP contribution in [0.2, 0.25) is 0 Å². The van der Waals surface area contributed by atoms with Crippen molar-refractivity contribution >= 4 is 34.2 Å². The zero-order chi connectivity index (χ0) is 17.8. The summed E-state index contributed by atoms with van der Waals surface area (Å²) in [4.78, 5) is 42.1. The molecule has 1 aromatic rings. The Labute approximate surface area is 149 Å². The van der Waals surface area contributed by atoms with Crippen LogP contribution in [0.25, 0.3) is 0 Å². The van der Waals surface area contributed by atoms with Crippen LogP contribution in [0.3, 0.4) is 0 Å². The first kappa shape index (κ1) is 17.8. The van der Waals surface area contributed by atoms with Crippen molar-refractivity contribution < 1.29 is 19.1 Å². The zero-order valence-electron chi connectivity index (χ0n) is 14.1. The largest absolute Gasteiger partial charge is 0.381 e.